The highest BCUT2D eigenvalue weighted by atomic mass is 32.2. The van der Waals surface area contributed by atoms with Crippen LogP contribution in [0.1, 0.15) is 19.8 Å². The highest BCUT2D eigenvalue weighted by Crippen LogP contribution is 2.02. The summed E-state index contributed by atoms with van der Waals surface area (Å²) in [5, 5.41) is 3.42. The van der Waals surface area contributed by atoms with Gasteiger partial charge in [0.15, 0.2) is 0 Å². The molecule has 0 amide bonds. The van der Waals surface area contributed by atoms with Crippen LogP contribution >= 0.6 is 0 Å². The summed E-state index contributed by atoms with van der Waals surface area (Å²) in [7, 11) is -2.79. The average molecular weight is 234 g/mol. The molecular formula is C10H22N2O2S. The molecular weight excluding hydrogens is 212 g/mol. The zero-order chi connectivity index (χ0) is 11.3. The first-order valence-electron chi connectivity index (χ1n) is 5.61. The minimum atomic E-state index is -2.79. The lowest BCUT2D eigenvalue weighted by molar-refractivity contribution is 0.291. The second-order valence-electron chi connectivity index (χ2n) is 4.47. The molecule has 1 atom stereocenters. The number of hydrogen-bond donors (Lipinski definition) is 1. The molecule has 1 saturated heterocycles. The van der Waals surface area contributed by atoms with Gasteiger partial charge in [0.05, 0.1) is 5.75 Å². The van der Waals surface area contributed by atoms with Crippen LogP contribution in [0.4, 0.5) is 0 Å². The monoisotopic (exact) mass is 234 g/mol. The van der Waals surface area contributed by atoms with E-state index in [4.69, 9.17) is 0 Å². The van der Waals surface area contributed by atoms with Crippen LogP contribution in [0.25, 0.3) is 0 Å². The standard InChI is InChI=1S/C10H22N2O2S/c1-10-4-7-12(8-5-11-10)6-3-9-15(2,13)14/h10-11H,3-9H2,1-2H3. The Hall–Kier alpha value is -0.130. The molecule has 0 aromatic rings. The fraction of sp³-hybridized carbons (Fsp3) is 1.00. The summed E-state index contributed by atoms with van der Waals surface area (Å²) in [5.41, 5.74) is 0. The van der Waals surface area contributed by atoms with Crippen LogP contribution in [-0.2, 0) is 9.84 Å². The lowest BCUT2D eigenvalue weighted by Gasteiger charge is -2.18. The van der Waals surface area contributed by atoms with E-state index >= 15 is 0 Å². The van der Waals surface area contributed by atoms with Crippen molar-refractivity contribution in [1.82, 2.24) is 10.2 Å². The van der Waals surface area contributed by atoms with E-state index in [0.29, 0.717) is 11.8 Å². The van der Waals surface area contributed by atoms with Gasteiger partial charge in [-0.25, -0.2) is 8.42 Å². The fourth-order valence-electron chi connectivity index (χ4n) is 1.83. The van der Waals surface area contributed by atoms with Crippen LogP contribution in [0.2, 0.25) is 0 Å². The van der Waals surface area contributed by atoms with Gasteiger partial charge in [-0.2, -0.15) is 0 Å². The third-order valence-electron chi connectivity index (χ3n) is 2.79. The van der Waals surface area contributed by atoms with Gasteiger partial charge in [0.25, 0.3) is 0 Å². The Bertz CT molecular complexity index is 277. The molecule has 1 N–H and O–H groups in total. The van der Waals surface area contributed by atoms with Gasteiger partial charge in [-0.1, -0.05) is 0 Å². The molecule has 1 fully saturated rings. The molecule has 1 rings (SSSR count). The van der Waals surface area contributed by atoms with E-state index in [1.165, 1.54) is 6.26 Å². The summed E-state index contributed by atoms with van der Waals surface area (Å²) >= 11 is 0. The maximum atomic E-state index is 11.0. The zero-order valence-electron chi connectivity index (χ0n) is 9.70. The maximum absolute atomic E-state index is 11.0. The maximum Gasteiger partial charge on any atom is 0.147 e. The normalized spacial score (nSPS) is 25.1. The van der Waals surface area contributed by atoms with E-state index in [1.54, 1.807) is 0 Å². The third kappa shape index (κ3) is 6.12. The molecule has 90 valence electrons. The van der Waals surface area contributed by atoms with Crippen LogP contribution in [0, 0.1) is 0 Å². The van der Waals surface area contributed by atoms with Crippen molar-refractivity contribution < 1.29 is 8.42 Å². The van der Waals surface area contributed by atoms with Crippen molar-refractivity contribution in [2.45, 2.75) is 25.8 Å². The molecule has 1 aliphatic heterocycles. The molecule has 0 aromatic heterocycles. The number of nitrogens with one attached hydrogen (secondary N) is 1. The zero-order valence-corrected chi connectivity index (χ0v) is 10.5. The summed E-state index contributed by atoms with van der Waals surface area (Å²) < 4.78 is 21.9. The molecule has 1 aliphatic rings. The SMILES string of the molecule is CC1CCN(CCCS(C)(=O)=O)CCN1. The lowest BCUT2D eigenvalue weighted by atomic mass is 10.2. The van der Waals surface area contributed by atoms with Crippen molar-refractivity contribution in [3.8, 4) is 0 Å². The van der Waals surface area contributed by atoms with Gasteiger partial charge in [0, 0.05) is 25.4 Å². The molecule has 15 heavy (non-hydrogen) atoms. The Morgan fingerprint density at radius 3 is 2.80 bits per heavy atom. The van der Waals surface area contributed by atoms with Crippen molar-refractivity contribution in [1.29, 1.82) is 0 Å². The number of sulfone groups is 1. The predicted molar refractivity (Wildman–Crippen MR) is 62.8 cm³/mol. The highest BCUT2D eigenvalue weighted by molar-refractivity contribution is 7.90. The van der Waals surface area contributed by atoms with E-state index in [2.05, 4.69) is 17.1 Å². The number of nitrogens with zero attached hydrogens (tertiary/aromatic N) is 1. The number of hydrogen-bond acceptors (Lipinski definition) is 4. The van der Waals surface area contributed by atoms with E-state index in [9.17, 15) is 8.42 Å². The third-order valence-corrected chi connectivity index (χ3v) is 3.82. The summed E-state index contributed by atoms with van der Waals surface area (Å²) in [4.78, 5) is 2.35. The van der Waals surface area contributed by atoms with Crippen LogP contribution in [0.3, 0.4) is 0 Å². The van der Waals surface area contributed by atoms with Crippen LogP contribution in [0.5, 0.6) is 0 Å². The van der Waals surface area contributed by atoms with Gasteiger partial charge >= 0.3 is 0 Å². The highest BCUT2D eigenvalue weighted by Gasteiger charge is 2.13. The molecule has 0 radical (unpaired) electrons. The van der Waals surface area contributed by atoms with Crippen LogP contribution in [0.15, 0.2) is 0 Å². The summed E-state index contributed by atoms with van der Waals surface area (Å²) in [6.45, 7) is 6.23. The van der Waals surface area contributed by atoms with E-state index in [-0.39, 0.29) is 0 Å². The molecule has 0 bridgehead atoms. The van der Waals surface area contributed by atoms with Crippen molar-refractivity contribution in [3.05, 3.63) is 0 Å². The Morgan fingerprint density at radius 2 is 2.13 bits per heavy atom. The van der Waals surface area contributed by atoms with Gasteiger partial charge in [0.1, 0.15) is 9.84 Å². The second kappa shape index (κ2) is 5.82. The Morgan fingerprint density at radius 1 is 1.40 bits per heavy atom. The Kier molecular flexibility index (Phi) is 5.02. The first-order chi connectivity index (χ1) is 6.97. The molecule has 0 aliphatic carbocycles. The Balaban J connectivity index is 2.21. The summed E-state index contributed by atoms with van der Waals surface area (Å²) in [6.07, 6.45) is 3.21. The first-order valence-corrected chi connectivity index (χ1v) is 7.67. The molecule has 0 spiro atoms. The fourth-order valence-corrected chi connectivity index (χ4v) is 2.49. The van der Waals surface area contributed by atoms with Gasteiger partial charge in [-0.3, -0.25) is 0 Å². The van der Waals surface area contributed by atoms with E-state index in [1.807, 2.05) is 0 Å². The minimum absolute atomic E-state index is 0.312. The molecule has 4 nitrogen and oxygen atoms in total. The molecule has 0 aromatic carbocycles. The second-order valence-corrected chi connectivity index (χ2v) is 6.73. The van der Waals surface area contributed by atoms with Gasteiger partial charge in [-0.15, -0.1) is 0 Å². The summed E-state index contributed by atoms with van der Waals surface area (Å²) in [5.74, 6) is 0.312. The van der Waals surface area contributed by atoms with E-state index in [0.717, 1.165) is 39.0 Å². The van der Waals surface area contributed by atoms with Gasteiger partial charge in [0.2, 0.25) is 0 Å². The van der Waals surface area contributed by atoms with Crippen molar-refractivity contribution in [2.24, 2.45) is 0 Å². The van der Waals surface area contributed by atoms with Gasteiger partial charge < -0.3 is 10.2 Å². The van der Waals surface area contributed by atoms with Gasteiger partial charge in [-0.05, 0) is 32.9 Å². The topological polar surface area (TPSA) is 49.4 Å². The smallest absolute Gasteiger partial charge is 0.147 e. The number of rotatable bonds is 4. The molecule has 5 heteroatoms. The lowest BCUT2D eigenvalue weighted by Crippen LogP contribution is -2.30. The van der Waals surface area contributed by atoms with Crippen LogP contribution < -0.4 is 5.32 Å². The minimum Gasteiger partial charge on any atom is -0.313 e. The van der Waals surface area contributed by atoms with Crippen LogP contribution in [-0.4, -0.2) is 57.5 Å². The predicted octanol–water partition coefficient (Wildman–Crippen LogP) is 0.105. The van der Waals surface area contributed by atoms with Crippen molar-refractivity contribution in [3.63, 3.8) is 0 Å². The quantitative estimate of drug-likeness (QED) is 0.750. The largest absolute Gasteiger partial charge is 0.313 e. The molecule has 1 heterocycles. The van der Waals surface area contributed by atoms with Crippen molar-refractivity contribution in [2.75, 3.05) is 38.2 Å². The van der Waals surface area contributed by atoms with Crippen molar-refractivity contribution >= 4 is 9.84 Å². The van der Waals surface area contributed by atoms with E-state index < -0.39 is 9.84 Å². The summed E-state index contributed by atoms with van der Waals surface area (Å²) in [6, 6.07) is 0.588. The average Bonchev–Trinajstić information content (AvgIpc) is 2.29. The Labute approximate surface area is 93.0 Å². The molecule has 1 unspecified atom stereocenters. The first kappa shape index (κ1) is 12.9. The molecule has 0 saturated carbocycles.